The van der Waals surface area contributed by atoms with Crippen molar-refractivity contribution >= 4 is 39.1 Å². The molecule has 0 heterocycles. The summed E-state index contributed by atoms with van der Waals surface area (Å²) in [6.45, 7) is 1.34. The highest BCUT2D eigenvalue weighted by Gasteiger charge is 2.33. The van der Waals surface area contributed by atoms with Gasteiger partial charge in [-0.3, -0.25) is 13.9 Å². The fourth-order valence-corrected chi connectivity index (χ4v) is 6.16. The van der Waals surface area contributed by atoms with E-state index < -0.39 is 28.5 Å². The van der Waals surface area contributed by atoms with E-state index in [1.165, 1.54) is 17.0 Å². The SMILES string of the molecule is C[C@@H](C(=O)NC1CCCC1)N(Cc1ccc(Cl)cc1)C(=O)CN(c1ccccc1)S(=O)(=O)c1ccccc1. The molecule has 3 aromatic carbocycles. The number of para-hydroxylation sites is 1. The van der Waals surface area contributed by atoms with E-state index in [0.717, 1.165) is 35.6 Å². The number of nitrogens with one attached hydrogen (secondary N) is 1. The largest absolute Gasteiger partial charge is 0.352 e. The Balaban J connectivity index is 1.65. The lowest BCUT2D eigenvalue weighted by molar-refractivity contribution is -0.139. The second-order valence-electron chi connectivity index (χ2n) is 9.47. The zero-order valence-corrected chi connectivity index (χ0v) is 22.9. The summed E-state index contributed by atoms with van der Waals surface area (Å²) in [7, 11) is -4.06. The Morgan fingerprint density at radius 1 is 0.921 bits per heavy atom. The Labute approximate surface area is 229 Å². The van der Waals surface area contributed by atoms with Crippen molar-refractivity contribution < 1.29 is 18.0 Å². The summed E-state index contributed by atoms with van der Waals surface area (Å²) >= 11 is 6.05. The molecular weight excluding hydrogens is 522 g/mol. The Hall–Kier alpha value is -3.36. The molecule has 1 fully saturated rings. The normalized spacial score (nSPS) is 14.6. The van der Waals surface area contributed by atoms with Gasteiger partial charge in [0.15, 0.2) is 0 Å². The molecule has 7 nitrogen and oxygen atoms in total. The maximum Gasteiger partial charge on any atom is 0.264 e. The number of hydrogen-bond acceptors (Lipinski definition) is 4. The van der Waals surface area contributed by atoms with E-state index in [1.54, 1.807) is 79.7 Å². The summed E-state index contributed by atoms with van der Waals surface area (Å²) < 4.78 is 28.5. The second kappa shape index (κ2) is 12.5. The molecule has 200 valence electrons. The molecular formula is C29H32ClN3O4S. The average molecular weight is 554 g/mol. The number of carbonyl (C=O) groups is 2. The molecule has 3 aromatic rings. The Bertz CT molecular complexity index is 1330. The van der Waals surface area contributed by atoms with Crippen LogP contribution in [0.2, 0.25) is 5.02 Å². The van der Waals surface area contributed by atoms with Gasteiger partial charge >= 0.3 is 0 Å². The number of benzene rings is 3. The van der Waals surface area contributed by atoms with Crippen molar-refractivity contribution in [3.8, 4) is 0 Å². The van der Waals surface area contributed by atoms with Crippen LogP contribution in [0.25, 0.3) is 0 Å². The minimum atomic E-state index is -4.06. The van der Waals surface area contributed by atoms with Crippen LogP contribution in [0.15, 0.2) is 89.8 Å². The second-order valence-corrected chi connectivity index (χ2v) is 11.8. The first kappa shape index (κ1) is 27.7. The zero-order valence-electron chi connectivity index (χ0n) is 21.3. The predicted molar refractivity (Wildman–Crippen MR) is 149 cm³/mol. The summed E-state index contributed by atoms with van der Waals surface area (Å²) in [5.41, 5.74) is 1.14. The van der Waals surface area contributed by atoms with Crippen LogP contribution in [0.5, 0.6) is 0 Å². The lowest BCUT2D eigenvalue weighted by atomic mass is 10.1. The average Bonchev–Trinajstić information content (AvgIpc) is 3.45. The fraction of sp³-hybridized carbons (Fsp3) is 0.310. The quantitative estimate of drug-likeness (QED) is 0.382. The topological polar surface area (TPSA) is 86.8 Å². The van der Waals surface area contributed by atoms with Gasteiger partial charge in [0.05, 0.1) is 10.6 Å². The summed E-state index contributed by atoms with van der Waals surface area (Å²) in [5, 5.41) is 3.62. The lowest BCUT2D eigenvalue weighted by Crippen LogP contribution is -2.52. The molecule has 4 rings (SSSR count). The van der Waals surface area contributed by atoms with Crippen molar-refractivity contribution in [3.05, 3.63) is 95.5 Å². The molecule has 0 radical (unpaired) electrons. The smallest absolute Gasteiger partial charge is 0.264 e. The molecule has 38 heavy (non-hydrogen) atoms. The monoisotopic (exact) mass is 553 g/mol. The molecule has 1 N–H and O–H groups in total. The first-order chi connectivity index (χ1) is 18.3. The number of nitrogens with zero attached hydrogens (tertiary/aromatic N) is 2. The highest BCUT2D eigenvalue weighted by molar-refractivity contribution is 7.92. The zero-order chi connectivity index (χ0) is 27.1. The Kier molecular flexibility index (Phi) is 9.07. The number of carbonyl (C=O) groups excluding carboxylic acids is 2. The summed E-state index contributed by atoms with van der Waals surface area (Å²) in [4.78, 5) is 28.6. The van der Waals surface area contributed by atoms with E-state index in [4.69, 9.17) is 11.6 Å². The van der Waals surface area contributed by atoms with Gasteiger partial charge in [0.25, 0.3) is 10.0 Å². The van der Waals surface area contributed by atoms with Crippen LogP contribution in [0, 0.1) is 0 Å². The molecule has 0 saturated heterocycles. The van der Waals surface area contributed by atoms with Crippen molar-refractivity contribution in [1.82, 2.24) is 10.2 Å². The van der Waals surface area contributed by atoms with Crippen LogP contribution in [-0.2, 0) is 26.2 Å². The van der Waals surface area contributed by atoms with Crippen molar-refractivity contribution in [2.75, 3.05) is 10.8 Å². The molecule has 1 atom stereocenters. The lowest BCUT2D eigenvalue weighted by Gasteiger charge is -2.32. The van der Waals surface area contributed by atoms with Gasteiger partial charge < -0.3 is 10.2 Å². The van der Waals surface area contributed by atoms with Crippen LogP contribution < -0.4 is 9.62 Å². The van der Waals surface area contributed by atoms with Gasteiger partial charge in [-0.1, -0.05) is 73.0 Å². The maximum atomic E-state index is 13.9. The highest BCUT2D eigenvalue weighted by atomic mass is 35.5. The third-order valence-electron chi connectivity index (χ3n) is 6.79. The van der Waals surface area contributed by atoms with Crippen LogP contribution in [0.4, 0.5) is 5.69 Å². The van der Waals surface area contributed by atoms with E-state index >= 15 is 0 Å². The maximum absolute atomic E-state index is 13.9. The van der Waals surface area contributed by atoms with Crippen LogP contribution >= 0.6 is 11.6 Å². The first-order valence-electron chi connectivity index (χ1n) is 12.7. The number of amides is 2. The number of anilines is 1. The van der Waals surface area contributed by atoms with Gasteiger partial charge in [0, 0.05) is 17.6 Å². The van der Waals surface area contributed by atoms with E-state index in [-0.39, 0.29) is 23.4 Å². The fourth-order valence-electron chi connectivity index (χ4n) is 4.60. The summed E-state index contributed by atoms with van der Waals surface area (Å²) in [5.74, 6) is -0.742. The minimum Gasteiger partial charge on any atom is -0.352 e. The Morgan fingerprint density at radius 3 is 2.11 bits per heavy atom. The third kappa shape index (κ3) is 6.74. The molecule has 1 aliphatic rings. The molecule has 0 spiro atoms. The number of halogens is 1. The van der Waals surface area contributed by atoms with Crippen molar-refractivity contribution in [2.45, 2.75) is 56.1 Å². The predicted octanol–water partition coefficient (Wildman–Crippen LogP) is 5.01. The minimum absolute atomic E-state index is 0.0768. The standard InChI is InChI=1S/C29H32ClN3O4S/c1-22(29(35)31-25-10-8-9-11-25)32(20-23-16-18-24(30)19-17-23)28(34)21-33(26-12-4-2-5-13-26)38(36,37)27-14-6-3-7-15-27/h2-7,12-19,22,25H,8-11,20-21H2,1H3,(H,31,35)/t22-/m0/s1. The van der Waals surface area contributed by atoms with Crippen LogP contribution in [-0.4, -0.2) is 43.8 Å². The molecule has 0 unspecified atom stereocenters. The van der Waals surface area contributed by atoms with Crippen molar-refractivity contribution in [1.29, 1.82) is 0 Å². The molecule has 0 bridgehead atoms. The van der Waals surface area contributed by atoms with E-state index in [9.17, 15) is 18.0 Å². The van der Waals surface area contributed by atoms with Gasteiger partial charge in [-0.25, -0.2) is 8.42 Å². The number of sulfonamides is 1. The number of hydrogen-bond donors (Lipinski definition) is 1. The van der Waals surface area contributed by atoms with E-state index in [2.05, 4.69) is 5.32 Å². The van der Waals surface area contributed by atoms with E-state index in [0.29, 0.717) is 10.7 Å². The van der Waals surface area contributed by atoms with Crippen molar-refractivity contribution in [2.24, 2.45) is 0 Å². The van der Waals surface area contributed by atoms with Crippen molar-refractivity contribution in [3.63, 3.8) is 0 Å². The molecule has 0 aromatic heterocycles. The van der Waals surface area contributed by atoms with Gasteiger partial charge in [-0.15, -0.1) is 0 Å². The van der Waals surface area contributed by atoms with Crippen LogP contribution in [0.1, 0.15) is 38.2 Å². The molecule has 2 amide bonds. The van der Waals surface area contributed by atoms with Gasteiger partial charge in [0.2, 0.25) is 11.8 Å². The Morgan fingerprint density at radius 2 is 1.50 bits per heavy atom. The molecule has 9 heteroatoms. The van der Waals surface area contributed by atoms with Gasteiger partial charge in [-0.05, 0) is 61.7 Å². The third-order valence-corrected chi connectivity index (χ3v) is 8.83. The molecule has 0 aliphatic heterocycles. The molecule has 1 saturated carbocycles. The van der Waals surface area contributed by atoms with Gasteiger partial charge in [0.1, 0.15) is 12.6 Å². The van der Waals surface area contributed by atoms with Gasteiger partial charge in [-0.2, -0.15) is 0 Å². The summed E-state index contributed by atoms with van der Waals surface area (Å²) in [6, 6.07) is 22.8. The first-order valence-corrected chi connectivity index (χ1v) is 14.5. The summed E-state index contributed by atoms with van der Waals surface area (Å²) in [6.07, 6.45) is 3.97. The number of rotatable bonds is 10. The van der Waals surface area contributed by atoms with E-state index in [1.807, 2.05) is 0 Å². The van der Waals surface area contributed by atoms with Crippen LogP contribution in [0.3, 0.4) is 0 Å². The molecule has 1 aliphatic carbocycles. The highest BCUT2D eigenvalue weighted by Crippen LogP contribution is 2.25.